The Morgan fingerprint density at radius 1 is 1.00 bits per heavy atom. The molecule has 5 rings (SSSR count). The lowest BCUT2D eigenvalue weighted by Crippen LogP contribution is -2.14. The van der Waals surface area contributed by atoms with Crippen molar-refractivity contribution < 1.29 is 23.4 Å². The third-order valence-corrected chi connectivity index (χ3v) is 6.31. The molecule has 0 bridgehead atoms. The Hall–Kier alpha value is -4.00. The lowest BCUT2D eigenvalue weighted by atomic mass is 9.88. The van der Waals surface area contributed by atoms with Gasteiger partial charge in [-0.1, -0.05) is 18.2 Å². The molecule has 174 valence electrons. The van der Waals surface area contributed by atoms with Crippen LogP contribution in [0.4, 0.5) is 10.1 Å². The van der Waals surface area contributed by atoms with Gasteiger partial charge >= 0.3 is 0 Å². The van der Waals surface area contributed by atoms with Crippen LogP contribution in [-0.2, 0) is 11.3 Å². The SMILES string of the molecule is COc1cc([C@H]2CC(=O)Nc3cccc4c3c2cn4Cc2cccc(F)c2)cc(OC)c1OC. The molecule has 0 radical (unpaired) electrons. The molecular weight excluding hydrogens is 435 g/mol. The second kappa shape index (κ2) is 8.74. The summed E-state index contributed by atoms with van der Waals surface area (Å²) >= 11 is 0. The summed E-state index contributed by atoms with van der Waals surface area (Å²) in [7, 11) is 4.71. The van der Waals surface area contributed by atoms with Gasteiger partial charge in [0.15, 0.2) is 11.5 Å². The highest BCUT2D eigenvalue weighted by Crippen LogP contribution is 2.45. The number of ether oxygens (including phenoxy) is 3. The summed E-state index contributed by atoms with van der Waals surface area (Å²) in [5.74, 6) is 0.989. The lowest BCUT2D eigenvalue weighted by Gasteiger charge is -2.19. The molecule has 0 saturated heterocycles. The number of benzene rings is 3. The molecule has 7 heteroatoms. The average Bonchev–Trinajstić information content (AvgIpc) is 3.13. The fourth-order valence-electron chi connectivity index (χ4n) is 4.81. The van der Waals surface area contributed by atoms with Gasteiger partial charge in [0, 0.05) is 30.5 Å². The van der Waals surface area contributed by atoms with E-state index < -0.39 is 0 Å². The van der Waals surface area contributed by atoms with Crippen LogP contribution in [0.2, 0.25) is 0 Å². The molecule has 6 nitrogen and oxygen atoms in total. The maximum atomic E-state index is 13.8. The van der Waals surface area contributed by atoms with E-state index in [4.69, 9.17) is 14.2 Å². The van der Waals surface area contributed by atoms with Crippen molar-refractivity contribution >= 4 is 22.5 Å². The van der Waals surface area contributed by atoms with Gasteiger partial charge in [-0.2, -0.15) is 0 Å². The number of hydrogen-bond donors (Lipinski definition) is 1. The Morgan fingerprint density at radius 2 is 1.74 bits per heavy atom. The number of halogens is 1. The smallest absolute Gasteiger partial charge is 0.225 e. The number of nitrogens with one attached hydrogen (secondary N) is 1. The maximum Gasteiger partial charge on any atom is 0.225 e. The number of carbonyl (C=O) groups is 1. The predicted octanol–water partition coefficient (Wildman–Crippen LogP) is 5.33. The van der Waals surface area contributed by atoms with Crippen molar-refractivity contribution in [3.05, 3.63) is 83.3 Å². The lowest BCUT2D eigenvalue weighted by molar-refractivity contribution is -0.116. The molecule has 1 N–H and O–H groups in total. The molecule has 1 atom stereocenters. The van der Waals surface area contributed by atoms with E-state index in [0.29, 0.717) is 23.8 Å². The van der Waals surface area contributed by atoms with Gasteiger partial charge in [0.2, 0.25) is 11.7 Å². The van der Waals surface area contributed by atoms with E-state index in [1.165, 1.54) is 6.07 Å². The van der Waals surface area contributed by atoms with Gasteiger partial charge < -0.3 is 24.1 Å². The molecule has 4 aromatic rings. The molecule has 0 spiro atoms. The summed E-state index contributed by atoms with van der Waals surface area (Å²) in [5, 5.41) is 4.03. The third kappa shape index (κ3) is 3.73. The molecule has 2 heterocycles. The minimum atomic E-state index is -0.265. The summed E-state index contributed by atoms with van der Waals surface area (Å²) in [6.45, 7) is 0.508. The van der Waals surface area contributed by atoms with Gasteiger partial charge in [-0.25, -0.2) is 4.39 Å². The topological polar surface area (TPSA) is 61.7 Å². The summed E-state index contributed by atoms with van der Waals surface area (Å²) in [4.78, 5) is 12.9. The summed E-state index contributed by atoms with van der Waals surface area (Å²) in [6, 6.07) is 16.2. The Labute approximate surface area is 196 Å². The van der Waals surface area contributed by atoms with E-state index in [-0.39, 0.29) is 24.1 Å². The van der Waals surface area contributed by atoms with Crippen molar-refractivity contribution in [1.29, 1.82) is 0 Å². The van der Waals surface area contributed by atoms with Crippen LogP contribution in [-0.4, -0.2) is 31.8 Å². The quantitative estimate of drug-likeness (QED) is 0.423. The number of methoxy groups -OCH3 is 3. The third-order valence-electron chi connectivity index (χ3n) is 6.31. The largest absolute Gasteiger partial charge is 0.493 e. The molecule has 0 unspecified atom stereocenters. The molecule has 0 fully saturated rings. The normalized spacial score (nSPS) is 15.1. The molecule has 3 aromatic carbocycles. The number of rotatable bonds is 6. The van der Waals surface area contributed by atoms with E-state index in [9.17, 15) is 9.18 Å². The Kier molecular flexibility index (Phi) is 5.61. The number of anilines is 1. The highest BCUT2D eigenvalue weighted by Gasteiger charge is 2.29. The minimum absolute atomic E-state index is 0.0702. The van der Waals surface area contributed by atoms with E-state index in [1.54, 1.807) is 33.5 Å². The first-order chi connectivity index (χ1) is 16.5. The monoisotopic (exact) mass is 460 g/mol. The zero-order chi connectivity index (χ0) is 23.8. The Balaban J connectivity index is 1.70. The number of nitrogens with zero attached hydrogens (tertiary/aromatic N) is 1. The first-order valence-corrected chi connectivity index (χ1v) is 11.0. The second-order valence-electron chi connectivity index (χ2n) is 8.31. The van der Waals surface area contributed by atoms with Crippen molar-refractivity contribution in [1.82, 2.24) is 4.57 Å². The van der Waals surface area contributed by atoms with Gasteiger partial charge in [0.1, 0.15) is 5.82 Å². The highest BCUT2D eigenvalue weighted by atomic mass is 19.1. The average molecular weight is 461 g/mol. The standard InChI is InChI=1S/C27H25FN2O4/c1-32-23-11-17(12-24(33-2)27(23)34-3)19-13-25(31)29-21-8-5-9-22-26(21)20(19)15-30(22)14-16-6-4-7-18(28)10-16/h4-12,15,19H,13-14H2,1-3H3,(H,29,31)/t19-/m1/s1. The van der Waals surface area contributed by atoms with Crippen molar-refractivity contribution in [3.8, 4) is 17.2 Å². The van der Waals surface area contributed by atoms with Crippen molar-refractivity contribution in [2.45, 2.75) is 18.9 Å². The van der Waals surface area contributed by atoms with E-state index in [2.05, 4.69) is 16.1 Å². The van der Waals surface area contributed by atoms with Gasteiger partial charge in [0.25, 0.3) is 0 Å². The van der Waals surface area contributed by atoms with Crippen LogP contribution >= 0.6 is 0 Å². The van der Waals surface area contributed by atoms with Crippen LogP contribution in [0.15, 0.2) is 60.8 Å². The number of hydrogen-bond acceptors (Lipinski definition) is 4. The van der Waals surface area contributed by atoms with Crippen molar-refractivity contribution in [2.24, 2.45) is 0 Å². The number of carbonyl (C=O) groups excluding carboxylic acids is 1. The number of amides is 1. The fraction of sp³-hybridized carbons (Fsp3) is 0.222. The van der Waals surface area contributed by atoms with Crippen LogP contribution in [0.1, 0.15) is 29.0 Å². The van der Waals surface area contributed by atoms with Crippen LogP contribution in [0.3, 0.4) is 0 Å². The molecular formula is C27H25FN2O4. The summed E-state index contributed by atoms with van der Waals surface area (Å²) in [6.07, 6.45) is 2.32. The number of aromatic nitrogens is 1. The molecule has 1 aliphatic rings. The predicted molar refractivity (Wildman–Crippen MR) is 129 cm³/mol. The van der Waals surface area contributed by atoms with E-state index in [0.717, 1.165) is 33.3 Å². The van der Waals surface area contributed by atoms with Crippen molar-refractivity contribution in [2.75, 3.05) is 26.6 Å². The second-order valence-corrected chi connectivity index (χ2v) is 8.31. The zero-order valence-corrected chi connectivity index (χ0v) is 19.2. The maximum absolute atomic E-state index is 13.8. The molecule has 34 heavy (non-hydrogen) atoms. The van der Waals surface area contributed by atoms with E-state index >= 15 is 0 Å². The molecule has 1 amide bonds. The fourth-order valence-corrected chi connectivity index (χ4v) is 4.81. The highest BCUT2D eigenvalue weighted by molar-refractivity contribution is 6.06. The molecule has 1 aromatic heterocycles. The molecule has 0 aliphatic carbocycles. The van der Waals surface area contributed by atoms with Crippen LogP contribution < -0.4 is 19.5 Å². The van der Waals surface area contributed by atoms with E-state index in [1.807, 2.05) is 36.4 Å². The minimum Gasteiger partial charge on any atom is -0.493 e. The Bertz CT molecular complexity index is 1370. The van der Waals surface area contributed by atoms with Gasteiger partial charge in [-0.05, 0) is 53.1 Å². The summed E-state index contributed by atoms with van der Waals surface area (Å²) < 4.78 is 32.5. The first kappa shape index (κ1) is 21.8. The van der Waals surface area contributed by atoms with Crippen LogP contribution in [0, 0.1) is 5.82 Å². The van der Waals surface area contributed by atoms with Gasteiger partial charge in [-0.15, -0.1) is 0 Å². The van der Waals surface area contributed by atoms with Crippen molar-refractivity contribution in [3.63, 3.8) is 0 Å². The van der Waals surface area contributed by atoms with Crippen LogP contribution in [0.5, 0.6) is 17.2 Å². The summed E-state index contributed by atoms with van der Waals surface area (Å²) in [5.41, 5.74) is 4.49. The van der Waals surface area contributed by atoms with Gasteiger partial charge in [0.05, 0.1) is 32.5 Å². The first-order valence-electron chi connectivity index (χ1n) is 11.0. The molecule has 0 saturated carbocycles. The Morgan fingerprint density at radius 3 is 2.41 bits per heavy atom. The van der Waals surface area contributed by atoms with Gasteiger partial charge in [-0.3, -0.25) is 4.79 Å². The molecule has 1 aliphatic heterocycles. The van der Waals surface area contributed by atoms with Crippen LogP contribution in [0.25, 0.3) is 10.9 Å². The zero-order valence-electron chi connectivity index (χ0n) is 19.2.